The third-order valence-electron chi connectivity index (χ3n) is 4.29. The second-order valence-corrected chi connectivity index (χ2v) is 9.67. The van der Waals surface area contributed by atoms with Gasteiger partial charge in [-0.2, -0.15) is 0 Å². The van der Waals surface area contributed by atoms with E-state index >= 15 is 0 Å². The Hall–Kier alpha value is -2.07. The van der Waals surface area contributed by atoms with Gasteiger partial charge in [0, 0.05) is 22.8 Å². The Morgan fingerprint density at radius 2 is 1.86 bits per heavy atom. The second kappa shape index (κ2) is 8.35. The highest BCUT2D eigenvalue weighted by molar-refractivity contribution is 9.10. The van der Waals surface area contributed by atoms with Crippen LogP contribution in [0.5, 0.6) is 0 Å². The zero-order chi connectivity index (χ0) is 20.5. The average Bonchev–Trinajstić information content (AvgIpc) is 3.06. The minimum atomic E-state index is -0.167. The molecule has 0 aliphatic rings. The lowest BCUT2D eigenvalue weighted by atomic mass is 10.2. The zero-order valence-corrected chi connectivity index (χ0v) is 19.2. The minimum absolute atomic E-state index is 0.0259. The van der Waals surface area contributed by atoms with Crippen molar-refractivity contribution in [1.29, 1.82) is 0 Å². The van der Waals surface area contributed by atoms with Gasteiger partial charge in [-0.15, -0.1) is 0 Å². The molecule has 0 bridgehead atoms. The van der Waals surface area contributed by atoms with Crippen LogP contribution in [0, 0.1) is 3.95 Å². The maximum atomic E-state index is 12.9. The monoisotopic (exact) mass is 503 g/mol. The summed E-state index contributed by atoms with van der Waals surface area (Å²) in [5.41, 5.74) is 1.83. The Morgan fingerprint density at radius 3 is 2.55 bits per heavy atom. The Bertz CT molecular complexity index is 1330. The number of fused-ring (bicyclic) bond motifs is 1. The number of halogens is 1. The second-order valence-electron chi connectivity index (χ2n) is 6.17. The molecule has 5 nitrogen and oxygen atoms in total. The molecule has 146 valence electrons. The molecule has 2 aromatic heterocycles. The number of carbonyl (C=O) groups excluding carboxylic acids is 1. The van der Waals surface area contributed by atoms with Crippen molar-refractivity contribution in [3.05, 3.63) is 78.9 Å². The smallest absolute Gasteiger partial charge is 0.273 e. The van der Waals surface area contributed by atoms with Gasteiger partial charge in [0.25, 0.3) is 5.56 Å². The van der Waals surface area contributed by atoms with Crippen LogP contribution >= 0.6 is 51.2 Å². The van der Waals surface area contributed by atoms with E-state index in [9.17, 15) is 9.59 Å². The molecule has 4 rings (SSSR count). The van der Waals surface area contributed by atoms with Gasteiger partial charge in [-0.3, -0.25) is 18.7 Å². The van der Waals surface area contributed by atoms with E-state index in [0.717, 1.165) is 10.2 Å². The van der Waals surface area contributed by atoms with Gasteiger partial charge in [0.05, 0.1) is 5.75 Å². The average molecular weight is 504 g/mol. The standard InChI is InChI=1S/C20H14BrN3O2S3/c1-23-18(26)16-17(24(20(27)29-16)14-5-3-2-4-6-14)22-19(23)28-11-15(25)12-7-9-13(21)10-8-12/h2-10H,11H2,1H3. The van der Waals surface area contributed by atoms with E-state index in [1.807, 2.05) is 42.5 Å². The molecule has 2 heterocycles. The Kier molecular flexibility index (Phi) is 5.82. The Labute approximate surface area is 188 Å². The zero-order valence-electron chi connectivity index (χ0n) is 15.2. The largest absolute Gasteiger partial charge is 0.293 e. The number of hydrogen-bond acceptors (Lipinski definition) is 6. The quantitative estimate of drug-likeness (QED) is 0.161. The molecule has 0 N–H and O–H groups in total. The van der Waals surface area contributed by atoms with E-state index in [1.165, 1.54) is 27.7 Å². The summed E-state index contributed by atoms with van der Waals surface area (Å²) in [5, 5.41) is 0.477. The van der Waals surface area contributed by atoms with Crippen LogP contribution in [-0.4, -0.2) is 25.7 Å². The molecule has 2 aromatic carbocycles. The molecule has 4 aromatic rings. The van der Waals surface area contributed by atoms with Crippen molar-refractivity contribution in [2.75, 3.05) is 5.75 Å². The molecular weight excluding hydrogens is 490 g/mol. The number of thiazole rings is 1. The highest BCUT2D eigenvalue weighted by atomic mass is 79.9. The summed E-state index contributed by atoms with van der Waals surface area (Å²) in [7, 11) is 1.66. The predicted molar refractivity (Wildman–Crippen MR) is 124 cm³/mol. The topological polar surface area (TPSA) is 56.9 Å². The van der Waals surface area contributed by atoms with Crippen molar-refractivity contribution in [2.24, 2.45) is 7.05 Å². The predicted octanol–water partition coefficient (Wildman–Crippen LogP) is 5.25. The summed E-state index contributed by atoms with van der Waals surface area (Å²) in [6, 6.07) is 16.8. The first-order valence-corrected chi connectivity index (χ1v) is 11.6. The van der Waals surface area contributed by atoms with Crippen molar-refractivity contribution in [3.8, 4) is 5.69 Å². The van der Waals surface area contributed by atoms with Crippen molar-refractivity contribution in [3.63, 3.8) is 0 Å². The van der Waals surface area contributed by atoms with Gasteiger partial charge in [-0.25, -0.2) is 4.98 Å². The number of benzene rings is 2. The number of nitrogens with zero attached hydrogens (tertiary/aromatic N) is 3. The first-order chi connectivity index (χ1) is 14.0. The van der Waals surface area contributed by atoms with Crippen LogP contribution in [0.2, 0.25) is 0 Å². The highest BCUT2D eigenvalue weighted by Crippen LogP contribution is 2.26. The van der Waals surface area contributed by atoms with Gasteiger partial charge in [0.15, 0.2) is 20.5 Å². The van der Waals surface area contributed by atoms with Crippen LogP contribution in [0.3, 0.4) is 0 Å². The third-order valence-corrected chi connectivity index (χ3v) is 7.20. The lowest BCUT2D eigenvalue weighted by Crippen LogP contribution is -2.20. The number of carbonyl (C=O) groups is 1. The molecule has 9 heteroatoms. The van der Waals surface area contributed by atoms with Gasteiger partial charge in [0.2, 0.25) is 0 Å². The molecule has 0 fully saturated rings. The number of thioether (sulfide) groups is 1. The van der Waals surface area contributed by atoms with Crippen molar-refractivity contribution < 1.29 is 4.79 Å². The van der Waals surface area contributed by atoms with Crippen LogP contribution in [-0.2, 0) is 7.05 Å². The summed E-state index contributed by atoms with van der Waals surface area (Å²) < 4.78 is 5.26. The van der Waals surface area contributed by atoms with Gasteiger partial charge in [0.1, 0.15) is 4.70 Å². The molecule has 0 saturated carbocycles. The first-order valence-electron chi connectivity index (χ1n) is 8.55. The van der Waals surface area contributed by atoms with Crippen LogP contribution in [0.4, 0.5) is 0 Å². The number of Topliss-reactive ketones (excluding diaryl/α,β-unsaturated/α-hetero) is 1. The molecule has 0 amide bonds. The molecule has 29 heavy (non-hydrogen) atoms. The summed E-state index contributed by atoms with van der Waals surface area (Å²) in [5.74, 6) is 0.158. The lowest BCUT2D eigenvalue weighted by molar-refractivity contribution is 0.102. The Balaban J connectivity index is 1.72. The molecule has 0 radical (unpaired) electrons. The maximum Gasteiger partial charge on any atom is 0.273 e. The SMILES string of the molecule is Cn1c(SCC(=O)c2ccc(Br)cc2)nc2c(sc(=S)n2-c2ccccc2)c1=O. The molecular formula is C20H14BrN3O2S3. The Morgan fingerprint density at radius 1 is 1.17 bits per heavy atom. The van der Waals surface area contributed by atoms with Crippen molar-refractivity contribution >= 4 is 67.4 Å². The van der Waals surface area contributed by atoms with Gasteiger partial charge >= 0.3 is 0 Å². The molecule has 0 unspecified atom stereocenters. The summed E-state index contributed by atoms with van der Waals surface area (Å²) in [6.45, 7) is 0. The number of ketones is 1. The third kappa shape index (κ3) is 4.00. The lowest BCUT2D eigenvalue weighted by Gasteiger charge is -2.09. The molecule has 0 saturated heterocycles. The molecule has 0 aliphatic heterocycles. The van der Waals surface area contributed by atoms with Gasteiger partial charge in [-0.05, 0) is 36.5 Å². The maximum absolute atomic E-state index is 12.9. The molecule has 0 spiro atoms. The van der Waals surface area contributed by atoms with Crippen LogP contribution in [0.15, 0.2) is 69.0 Å². The first kappa shape index (κ1) is 20.2. The van der Waals surface area contributed by atoms with E-state index in [4.69, 9.17) is 12.2 Å². The number of aromatic nitrogens is 3. The number of para-hydroxylation sites is 1. The minimum Gasteiger partial charge on any atom is -0.293 e. The fourth-order valence-corrected chi connectivity index (χ4v) is 5.27. The van der Waals surface area contributed by atoms with E-state index < -0.39 is 0 Å². The molecule has 0 atom stereocenters. The van der Waals surface area contributed by atoms with Crippen molar-refractivity contribution in [2.45, 2.75) is 5.16 Å². The fourth-order valence-electron chi connectivity index (χ4n) is 2.79. The van der Waals surface area contributed by atoms with Crippen LogP contribution < -0.4 is 5.56 Å². The van der Waals surface area contributed by atoms with Gasteiger partial charge in [-0.1, -0.05) is 69.4 Å². The molecule has 0 aliphatic carbocycles. The van der Waals surface area contributed by atoms with Crippen LogP contribution in [0.1, 0.15) is 10.4 Å². The van der Waals surface area contributed by atoms with E-state index in [1.54, 1.807) is 23.7 Å². The number of rotatable bonds is 5. The normalized spacial score (nSPS) is 11.1. The summed E-state index contributed by atoms with van der Waals surface area (Å²) >= 11 is 11.3. The summed E-state index contributed by atoms with van der Waals surface area (Å²) in [4.78, 5) is 30.1. The van der Waals surface area contributed by atoms with E-state index in [2.05, 4.69) is 20.9 Å². The van der Waals surface area contributed by atoms with Crippen molar-refractivity contribution in [1.82, 2.24) is 14.1 Å². The van der Waals surface area contributed by atoms with E-state index in [-0.39, 0.29) is 17.1 Å². The number of hydrogen-bond donors (Lipinski definition) is 0. The van der Waals surface area contributed by atoms with E-state index in [0.29, 0.717) is 25.0 Å². The fraction of sp³-hybridized carbons (Fsp3) is 0.100. The highest BCUT2D eigenvalue weighted by Gasteiger charge is 2.17. The van der Waals surface area contributed by atoms with Gasteiger partial charge < -0.3 is 0 Å². The summed E-state index contributed by atoms with van der Waals surface area (Å²) in [6.07, 6.45) is 0. The van der Waals surface area contributed by atoms with Crippen LogP contribution in [0.25, 0.3) is 16.0 Å².